The van der Waals surface area contributed by atoms with E-state index in [9.17, 15) is 9.18 Å². The molecule has 122 valence electrons. The maximum Gasteiger partial charge on any atom is 0.227 e. The largest absolute Gasteiger partial charge is 0.322 e. The third-order valence-electron chi connectivity index (χ3n) is 4.54. The maximum absolute atomic E-state index is 13.1. The molecule has 1 amide bonds. The molecular weight excluding hydrogens is 293 g/mol. The van der Waals surface area contributed by atoms with Crippen molar-refractivity contribution in [2.45, 2.75) is 45.4 Å². The smallest absolute Gasteiger partial charge is 0.227 e. The van der Waals surface area contributed by atoms with Crippen LogP contribution in [-0.2, 0) is 11.2 Å². The number of aryl methyl sites for hydroxylation is 1. The summed E-state index contributed by atoms with van der Waals surface area (Å²) >= 11 is 0. The van der Waals surface area contributed by atoms with E-state index in [0.717, 1.165) is 49.0 Å². The van der Waals surface area contributed by atoms with Crippen LogP contribution in [-0.4, -0.2) is 16.1 Å². The first-order valence-corrected chi connectivity index (χ1v) is 8.33. The first-order valence-electron chi connectivity index (χ1n) is 8.33. The van der Waals surface area contributed by atoms with E-state index < -0.39 is 0 Å². The van der Waals surface area contributed by atoms with Gasteiger partial charge in [-0.2, -0.15) is 5.10 Å². The highest BCUT2D eigenvalue weighted by Gasteiger charge is 2.24. The van der Waals surface area contributed by atoms with Crippen LogP contribution in [0, 0.1) is 11.7 Å². The third-order valence-corrected chi connectivity index (χ3v) is 4.54. The highest BCUT2D eigenvalue weighted by Crippen LogP contribution is 2.31. The van der Waals surface area contributed by atoms with E-state index in [4.69, 9.17) is 0 Å². The number of H-pyrrole nitrogens is 1. The van der Waals surface area contributed by atoms with E-state index in [1.165, 1.54) is 18.6 Å². The van der Waals surface area contributed by atoms with Gasteiger partial charge in [-0.15, -0.1) is 0 Å². The number of anilines is 1. The average Bonchev–Trinajstić information content (AvgIpc) is 2.99. The zero-order valence-corrected chi connectivity index (χ0v) is 13.4. The van der Waals surface area contributed by atoms with Gasteiger partial charge in [0.2, 0.25) is 5.91 Å². The molecule has 1 heterocycles. The van der Waals surface area contributed by atoms with Crippen molar-refractivity contribution in [2.75, 3.05) is 5.32 Å². The number of aromatic amines is 1. The first kappa shape index (κ1) is 15.7. The monoisotopic (exact) mass is 315 g/mol. The molecule has 23 heavy (non-hydrogen) atoms. The predicted molar refractivity (Wildman–Crippen MR) is 88.6 cm³/mol. The Morgan fingerprint density at radius 3 is 2.61 bits per heavy atom. The zero-order chi connectivity index (χ0) is 16.2. The van der Waals surface area contributed by atoms with Crippen molar-refractivity contribution in [3.05, 3.63) is 35.8 Å². The quantitative estimate of drug-likeness (QED) is 0.884. The minimum absolute atomic E-state index is 0.0733. The highest BCUT2D eigenvalue weighted by atomic mass is 19.1. The predicted octanol–water partition coefficient (Wildman–Crippen LogP) is 4.30. The number of nitrogens with zero attached hydrogens (tertiary/aromatic N) is 1. The van der Waals surface area contributed by atoms with Gasteiger partial charge in [-0.05, 0) is 43.5 Å². The lowest BCUT2D eigenvalue weighted by Gasteiger charge is -2.21. The number of halogens is 1. The number of amides is 1. The van der Waals surface area contributed by atoms with Crippen molar-refractivity contribution in [3.63, 3.8) is 0 Å². The van der Waals surface area contributed by atoms with Crippen LogP contribution in [0.1, 0.15) is 44.7 Å². The topological polar surface area (TPSA) is 57.8 Å². The SMILES string of the molecule is CCc1[nH]nc(-c2ccc(F)cc2)c1NC(=O)C1CCCCC1. The second-order valence-electron chi connectivity index (χ2n) is 6.11. The van der Waals surface area contributed by atoms with E-state index in [1.54, 1.807) is 12.1 Å². The van der Waals surface area contributed by atoms with Crippen molar-refractivity contribution in [1.29, 1.82) is 0 Å². The lowest BCUT2D eigenvalue weighted by atomic mass is 9.88. The van der Waals surface area contributed by atoms with E-state index in [2.05, 4.69) is 15.5 Å². The second-order valence-corrected chi connectivity index (χ2v) is 6.11. The molecule has 0 aliphatic heterocycles. The zero-order valence-electron chi connectivity index (χ0n) is 13.4. The summed E-state index contributed by atoms with van der Waals surface area (Å²) in [6.45, 7) is 2.01. The summed E-state index contributed by atoms with van der Waals surface area (Å²) in [6.07, 6.45) is 6.11. The molecule has 0 saturated heterocycles. The number of nitrogens with one attached hydrogen (secondary N) is 2. The van der Waals surface area contributed by atoms with Crippen molar-refractivity contribution in [3.8, 4) is 11.3 Å². The van der Waals surface area contributed by atoms with E-state index in [-0.39, 0.29) is 17.6 Å². The first-order chi connectivity index (χ1) is 11.2. The summed E-state index contributed by atoms with van der Waals surface area (Å²) in [4.78, 5) is 12.6. The van der Waals surface area contributed by atoms with Gasteiger partial charge in [0.1, 0.15) is 11.5 Å². The van der Waals surface area contributed by atoms with Gasteiger partial charge in [0.15, 0.2) is 0 Å². The van der Waals surface area contributed by atoms with Gasteiger partial charge in [0, 0.05) is 11.5 Å². The van der Waals surface area contributed by atoms with Crippen molar-refractivity contribution in [2.24, 2.45) is 5.92 Å². The second kappa shape index (κ2) is 6.94. The highest BCUT2D eigenvalue weighted by molar-refractivity contribution is 5.96. The van der Waals surface area contributed by atoms with Crippen LogP contribution in [0.5, 0.6) is 0 Å². The minimum atomic E-state index is -0.284. The Morgan fingerprint density at radius 2 is 1.96 bits per heavy atom. The van der Waals surface area contributed by atoms with Crippen LogP contribution in [0.25, 0.3) is 11.3 Å². The minimum Gasteiger partial charge on any atom is -0.322 e. The van der Waals surface area contributed by atoms with Crippen LogP contribution in [0.4, 0.5) is 10.1 Å². The Balaban J connectivity index is 1.86. The van der Waals surface area contributed by atoms with Gasteiger partial charge < -0.3 is 5.32 Å². The Labute approximate surface area is 135 Å². The Morgan fingerprint density at radius 1 is 1.26 bits per heavy atom. The molecule has 0 bridgehead atoms. The number of rotatable bonds is 4. The van der Waals surface area contributed by atoms with E-state index >= 15 is 0 Å². The molecule has 2 aromatic rings. The lowest BCUT2D eigenvalue weighted by molar-refractivity contribution is -0.120. The van der Waals surface area contributed by atoms with Crippen LogP contribution in [0.3, 0.4) is 0 Å². The number of carbonyl (C=O) groups is 1. The number of hydrogen-bond acceptors (Lipinski definition) is 2. The number of aromatic nitrogens is 2. The summed E-state index contributed by atoms with van der Waals surface area (Å²) in [5.41, 5.74) is 3.09. The summed E-state index contributed by atoms with van der Waals surface area (Å²) in [7, 11) is 0. The molecular formula is C18H22FN3O. The standard InChI is InChI=1S/C18H22FN3O/c1-2-15-17(20-18(23)13-6-4-3-5-7-13)16(22-21-15)12-8-10-14(19)11-9-12/h8-11,13H,2-7H2,1H3,(H,20,23)(H,21,22). The van der Waals surface area contributed by atoms with Gasteiger partial charge in [-0.1, -0.05) is 26.2 Å². The molecule has 1 aliphatic carbocycles. The molecule has 1 saturated carbocycles. The summed E-state index contributed by atoms with van der Waals surface area (Å²) < 4.78 is 13.1. The fraction of sp³-hybridized carbons (Fsp3) is 0.444. The Hall–Kier alpha value is -2.17. The van der Waals surface area contributed by atoms with Gasteiger partial charge in [0.25, 0.3) is 0 Å². The Bertz CT molecular complexity index is 672. The number of benzene rings is 1. The fourth-order valence-corrected chi connectivity index (χ4v) is 3.18. The summed E-state index contributed by atoms with van der Waals surface area (Å²) in [6, 6.07) is 6.17. The van der Waals surface area contributed by atoms with Crippen LogP contribution >= 0.6 is 0 Å². The molecule has 1 aliphatic rings. The van der Waals surface area contributed by atoms with Crippen LogP contribution in [0.2, 0.25) is 0 Å². The average molecular weight is 315 g/mol. The molecule has 4 nitrogen and oxygen atoms in total. The van der Waals surface area contributed by atoms with Gasteiger partial charge >= 0.3 is 0 Å². The molecule has 3 rings (SSSR count). The molecule has 0 atom stereocenters. The maximum atomic E-state index is 13.1. The molecule has 2 N–H and O–H groups in total. The van der Waals surface area contributed by atoms with Gasteiger partial charge in [-0.3, -0.25) is 9.89 Å². The fourth-order valence-electron chi connectivity index (χ4n) is 3.18. The summed E-state index contributed by atoms with van der Waals surface area (Å²) in [5, 5.41) is 10.4. The van der Waals surface area contributed by atoms with Gasteiger partial charge in [-0.25, -0.2) is 4.39 Å². The van der Waals surface area contributed by atoms with Crippen LogP contribution in [0.15, 0.2) is 24.3 Å². The van der Waals surface area contributed by atoms with Gasteiger partial charge in [0.05, 0.1) is 11.4 Å². The summed E-state index contributed by atoms with van der Waals surface area (Å²) in [5.74, 6) is -0.124. The molecule has 5 heteroatoms. The number of carbonyl (C=O) groups excluding carboxylic acids is 1. The normalized spacial score (nSPS) is 15.6. The van der Waals surface area contributed by atoms with Crippen molar-refractivity contribution < 1.29 is 9.18 Å². The van der Waals surface area contributed by atoms with Crippen molar-refractivity contribution in [1.82, 2.24) is 10.2 Å². The molecule has 0 unspecified atom stereocenters. The van der Waals surface area contributed by atoms with Crippen molar-refractivity contribution >= 4 is 11.6 Å². The third kappa shape index (κ3) is 3.44. The lowest BCUT2D eigenvalue weighted by Crippen LogP contribution is -2.25. The van der Waals surface area contributed by atoms with E-state index in [0.29, 0.717) is 5.69 Å². The van der Waals surface area contributed by atoms with E-state index in [1.807, 2.05) is 6.92 Å². The number of hydrogen-bond donors (Lipinski definition) is 2. The Kier molecular flexibility index (Phi) is 4.74. The molecule has 1 aromatic carbocycles. The molecule has 0 radical (unpaired) electrons. The molecule has 1 aromatic heterocycles. The van der Waals surface area contributed by atoms with Crippen LogP contribution < -0.4 is 5.32 Å². The molecule has 0 spiro atoms. The molecule has 1 fully saturated rings.